The molecule has 18 atom stereocenters. The molecule has 5 rings (SSSR count). The van der Waals surface area contributed by atoms with Gasteiger partial charge in [-0.2, -0.15) is 0 Å². The van der Waals surface area contributed by atoms with E-state index in [4.69, 9.17) is 47.4 Å². The molecule has 384 valence electrons. The zero-order valence-electron chi connectivity index (χ0n) is 38.1. The second kappa shape index (κ2) is 24.6. The smallest absolute Gasteiger partial charge is 0.337 e. The molecule has 0 aromatic carbocycles. The standard InChI is InChI=1S/C44H64O24/c1-6-20-23(26(39(57)59-4)16-62-41(20)67-43-37(55)35(53)33(51)29(13-47)65-43)9-31(49)61-15-25-18(3)28(8-22(25)19(11-45)12-46)64-32(50)10-24-21(7-2)42(63-17-27(24)40(58)60-5)68-44-38(56)36(54)34(52)30(14-48)66-44/h6-7,16-19,22-25,28-30,33-38,41-48,51-56H,8-15H2,1-5H3/b20-6-,21-7-/t18-,22+,23+,24+,25-,28-,29-,30-,33-,34-,35+,36+,37-,38-,41+,42+,43+,44+/m1/s1. The number of ether oxygens (including phenoxy) is 10. The first-order chi connectivity index (χ1) is 32.4. The highest BCUT2D eigenvalue weighted by Crippen LogP contribution is 2.45. The number of hydrogen-bond donors (Lipinski definition) is 10. The third kappa shape index (κ3) is 11.9. The Morgan fingerprint density at radius 1 is 0.676 bits per heavy atom. The Morgan fingerprint density at radius 3 is 1.51 bits per heavy atom. The predicted octanol–water partition coefficient (Wildman–Crippen LogP) is -3.32. The van der Waals surface area contributed by atoms with Crippen LogP contribution >= 0.6 is 0 Å². The molecule has 10 N–H and O–H groups in total. The summed E-state index contributed by atoms with van der Waals surface area (Å²) < 4.78 is 55.5. The minimum Gasteiger partial charge on any atom is -0.468 e. The van der Waals surface area contributed by atoms with Crippen molar-refractivity contribution < 1.29 is 118 Å². The van der Waals surface area contributed by atoms with E-state index in [1.165, 1.54) is 12.2 Å². The van der Waals surface area contributed by atoms with E-state index < -0.39 is 179 Å². The lowest BCUT2D eigenvalue weighted by molar-refractivity contribution is -0.327. The van der Waals surface area contributed by atoms with Crippen molar-refractivity contribution in [3.8, 4) is 0 Å². The van der Waals surface area contributed by atoms with Crippen LogP contribution in [0.2, 0.25) is 0 Å². The average Bonchev–Trinajstić information content (AvgIpc) is 3.63. The van der Waals surface area contributed by atoms with Crippen LogP contribution in [0.3, 0.4) is 0 Å². The Bertz CT molecular complexity index is 1860. The molecule has 5 aliphatic rings. The van der Waals surface area contributed by atoms with Crippen molar-refractivity contribution in [2.45, 2.75) is 120 Å². The van der Waals surface area contributed by atoms with Crippen LogP contribution in [-0.2, 0) is 66.5 Å². The van der Waals surface area contributed by atoms with E-state index in [9.17, 15) is 70.2 Å². The fraction of sp³-hybridized carbons (Fsp3) is 0.727. The molecular formula is C44H64O24. The molecule has 0 amide bonds. The molecule has 68 heavy (non-hydrogen) atoms. The summed E-state index contributed by atoms with van der Waals surface area (Å²) in [6.07, 6.45) is -15.9. The Balaban J connectivity index is 1.29. The molecular weight excluding hydrogens is 912 g/mol. The monoisotopic (exact) mass is 976 g/mol. The average molecular weight is 977 g/mol. The number of methoxy groups -OCH3 is 2. The van der Waals surface area contributed by atoms with Crippen LogP contribution in [0.5, 0.6) is 0 Å². The van der Waals surface area contributed by atoms with Crippen molar-refractivity contribution >= 4 is 23.9 Å². The largest absolute Gasteiger partial charge is 0.468 e. The van der Waals surface area contributed by atoms with Crippen molar-refractivity contribution in [1.29, 1.82) is 0 Å². The third-order valence-electron chi connectivity index (χ3n) is 13.3. The van der Waals surface area contributed by atoms with Crippen LogP contribution in [0, 0.1) is 35.5 Å². The zero-order valence-corrected chi connectivity index (χ0v) is 38.1. The summed E-state index contributed by atoms with van der Waals surface area (Å²) in [7, 11) is 2.23. The molecule has 0 spiro atoms. The molecule has 0 aromatic heterocycles. The van der Waals surface area contributed by atoms with Crippen LogP contribution in [-0.4, -0.2) is 202 Å². The van der Waals surface area contributed by atoms with Gasteiger partial charge in [-0.15, -0.1) is 0 Å². The molecule has 1 saturated carbocycles. The second-order valence-electron chi connectivity index (χ2n) is 17.1. The van der Waals surface area contributed by atoms with E-state index in [1.807, 2.05) is 0 Å². The van der Waals surface area contributed by atoms with E-state index in [0.717, 1.165) is 26.7 Å². The summed E-state index contributed by atoms with van der Waals surface area (Å²) in [6, 6.07) is 0. The van der Waals surface area contributed by atoms with E-state index in [-0.39, 0.29) is 35.3 Å². The van der Waals surface area contributed by atoms with Gasteiger partial charge in [-0.3, -0.25) is 9.59 Å². The van der Waals surface area contributed by atoms with Gasteiger partial charge in [0.05, 0.1) is 70.6 Å². The molecule has 0 unspecified atom stereocenters. The minimum atomic E-state index is -1.80. The third-order valence-corrected chi connectivity index (χ3v) is 13.3. The highest BCUT2D eigenvalue weighted by Gasteiger charge is 2.50. The van der Waals surface area contributed by atoms with Gasteiger partial charge in [0, 0.05) is 48.0 Å². The van der Waals surface area contributed by atoms with Crippen molar-refractivity contribution in [3.05, 3.63) is 47.0 Å². The minimum absolute atomic E-state index is 0.100. The molecule has 0 bridgehead atoms. The molecule has 1 aliphatic carbocycles. The highest BCUT2D eigenvalue weighted by atomic mass is 16.8. The molecule has 24 nitrogen and oxygen atoms in total. The van der Waals surface area contributed by atoms with Gasteiger partial charge >= 0.3 is 23.9 Å². The summed E-state index contributed by atoms with van der Waals surface area (Å²) in [6.45, 7) is 2.16. The van der Waals surface area contributed by atoms with Crippen LogP contribution in [0.15, 0.2) is 47.0 Å². The van der Waals surface area contributed by atoms with Crippen LogP contribution in [0.4, 0.5) is 0 Å². The van der Waals surface area contributed by atoms with Gasteiger partial charge in [-0.1, -0.05) is 19.1 Å². The van der Waals surface area contributed by atoms with E-state index in [1.54, 1.807) is 20.8 Å². The Labute approximate surface area is 390 Å². The first-order valence-corrected chi connectivity index (χ1v) is 22.1. The van der Waals surface area contributed by atoms with Crippen molar-refractivity contribution in [2.24, 2.45) is 35.5 Å². The first-order valence-electron chi connectivity index (χ1n) is 22.1. The molecule has 3 fully saturated rings. The normalized spacial score (nSPS) is 38.5. The summed E-state index contributed by atoms with van der Waals surface area (Å²) in [4.78, 5) is 53.5. The van der Waals surface area contributed by atoms with E-state index >= 15 is 0 Å². The number of esters is 4. The molecule has 0 aromatic rings. The van der Waals surface area contributed by atoms with E-state index in [2.05, 4.69) is 0 Å². The van der Waals surface area contributed by atoms with Gasteiger partial charge in [0.15, 0.2) is 12.6 Å². The Morgan fingerprint density at radius 2 is 1.12 bits per heavy atom. The topological polar surface area (TPSA) is 363 Å². The number of carbonyl (C=O) groups excluding carboxylic acids is 4. The van der Waals surface area contributed by atoms with E-state index in [0.29, 0.717) is 0 Å². The lowest BCUT2D eigenvalue weighted by Crippen LogP contribution is -2.60. The molecule has 4 heterocycles. The molecule has 24 heteroatoms. The van der Waals surface area contributed by atoms with Gasteiger partial charge in [-0.25, -0.2) is 9.59 Å². The van der Waals surface area contributed by atoms with Gasteiger partial charge < -0.3 is 98.4 Å². The Kier molecular flexibility index (Phi) is 19.9. The lowest BCUT2D eigenvalue weighted by Gasteiger charge is -2.42. The fourth-order valence-corrected chi connectivity index (χ4v) is 9.27. The molecule has 0 radical (unpaired) electrons. The first kappa shape index (κ1) is 54.8. The van der Waals surface area contributed by atoms with Crippen LogP contribution in [0.1, 0.15) is 40.0 Å². The number of rotatable bonds is 18. The zero-order chi connectivity index (χ0) is 50.1. The van der Waals surface area contributed by atoms with Gasteiger partial charge in [0.1, 0.15) is 54.9 Å². The SMILES string of the molecule is C/C=C1\[C@H](O[C@@H]2O[C@H](CO)[C@@H](O)[C@H](O)[C@H]2O)OC=C(C(=O)OC)[C@H]1CC(=O)OC[C@@H]1[C@@H](C)[C@H](OC(=O)C[C@@H]2C(C(=O)OC)=CO[C@@H](O[C@@H]3O[C@H](CO)[C@@H](O)[C@H](O)[C@H]3O)/C2=C\C)C[C@H]1C(CO)CO. The number of allylic oxidation sites excluding steroid dienone is 2. The maximum atomic E-state index is 13.9. The number of aliphatic hydroxyl groups excluding tert-OH is 10. The Hall–Kier alpha value is -4.12. The lowest BCUT2D eigenvalue weighted by atomic mass is 9.82. The quantitative estimate of drug-likeness (QED) is 0.0365. The van der Waals surface area contributed by atoms with Crippen molar-refractivity contribution in [3.63, 3.8) is 0 Å². The predicted molar refractivity (Wildman–Crippen MR) is 223 cm³/mol. The van der Waals surface area contributed by atoms with Gasteiger partial charge in [-0.05, 0) is 32.1 Å². The number of carbonyl (C=O) groups is 4. The summed E-state index contributed by atoms with van der Waals surface area (Å²) in [5, 5.41) is 102. The highest BCUT2D eigenvalue weighted by molar-refractivity contribution is 5.91. The maximum absolute atomic E-state index is 13.9. The summed E-state index contributed by atoms with van der Waals surface area (Å²) in [5.41, 5.74) is 0.168. The summed E-state index contributed by atoms with van der Waals surface area (Å²) >= 11 is 0. The maximum Gasteiger partial charge on any atom is 0.337 e. The van der Waals surface area contributed by atoms with Gasteiger partial charge in [0.2, 0.25) is 12.6 Å². The molecule has 2 saturated heterocycles. The fourth-order valence-electron chi connectivity index (χ4n) is 9.27. The van der Waals surface area contributed by atoms with Gasteiger partial charge in [0.25, 0.3) is 0 Å². The van der Waals surface area contributed by atoms with Crippen molar-refractivity contribution in [2.75, 3.05) is 47.3 Å². The van der Waals surface area contributed by atoms with Crippen molar-refractivity contribution in [1.82, 2.24) is 0 Å². The number of aliphatic hydroxyl groups is 10. The number of hydrogen-bond acceptors (Lipinski definition) is 24. The van der Waals surface area contributed by atoms with Crippen LogP contribution < -0.4 is 0 Å². The summed E-state index contributed by atoms with van der Waals surface area (Å²) in [5.74, 6) is -7.97. The second-order valence-corrected chi connectivity index (χ2v) is 17.1. The molecule has 4 aliphatic heterocycles. The van der Waals surface area contributed by atoms with Crippen LogP contribution in [0.25, 0.3) is 0 Å².